The molecule has 0 aromatic carbocycles. The molecule has 0 bridgehead atoms. The fraction of sp³-hybridized carbons (Fsp3) is 0.429. The van der Waals surface area contributed by atoms with E-state index >= 15 is 0 Å². The van der Waals surface area contributed by atoms with Gasteiger partial charge in [-0.25, -0.2) is 0 Å². The summed E-state index contributed by atoms with van der Waals surface area (Å²) in [5, 5.41) is 19.0. The van der Waals surface area contributed by atoms with Gasteiger partial charge in [-0.1, -0.05) is 19.8 Å². The SMILES string of the molecule is CCCCC1C(O)=C(C#N)C(=O)N1Cc1ccco1. The first kappa shape index (κ1) is 13.2. The highest BCUT2D eigenvalue weighted by atomic mass is 16.3. The molecule has 100 valence electrons. The summed E-state index contributed by atoms with van der Waals surface area (Å²) in [5.74, 6) is 0.117. The molecule has 1 aliphatic heterocycles. The van der Waals surface area contributed by atoms with Gasteiger partial charge in [0.2, 0.25) is 0 Å². The van der Waals surface area contributed by atoms with E-state index in [2.05, 4.69) is 0 Å². The van der Waals surface area contributed by atoms with E-state index in [4.69, 9.17) is 9.68 Å². The number of hydrogen-bond acceptors (Lipinski definition) is 4. The van der Waals surface area contributed by atoms with E-state index < -0.39 is 11.9 Å². The van der Waals surface area contributed by atoms with E-state index in [0.717, 1.165) is 12.8 Å². The van der Waals surface area contributed by atoms with Crippen LogP contribution in [0.1, 0.15) is 31.9 Å². The van der Waals surface area contributed by atoms with Gasteiger partial charge in [-0.3, -0.25) is 4.79 Å². The molecule has 1 aromatic heterocycles. The summed E-state index contributed by atoms with van der Waals surface area (Å²) in [4.78, 5) is 13.6. The van der Waals surface area contributed by atoms with Gasteiger partial charge >= 0.3 is 0 Å². The maximum absolute atomic E-state index is 12.1. The van der Waals surface area contributed by atoms with Crippen molar-refractivity contribution in [2.45, 2.75) is 38.8 Å². The lowest BCUT2D eigenvalue weighted by molar-refractivity contribution is -0.127. The van der Waals surface area contributed by atoms with E-state index in [0.29, 0.717) is 12.2 Å². The van der Waals surface area contributed by atoms with E-state index in [1.807, 2.05) is 6.92 Å². The second kappa shape index (κ2) is 5.61. The van der Waals surface area contributed by atoms with Crippen molar-refractivity contribution in [2.75, 3.05) is 0 Å². The second-order valence-electron chi connectivity index (χ2n) is 4.54. The number of aliphatic hydroxyl groups excluding tert-OH is 1. The van der Waals surface area contributed by atoms with Crippen LogP contribution in [-0.4, -0.2) is 22.0 Å². The summed E-state index contributed by atoms with van der Waals surface area (Å²) < 4.78 is 5.22. The average Bonchev–Trinajstić information content (AvgIpc) is 2.97. The summed E-state index contributed by atoms with van der Waals surface area (Å²) in [5.41, 5.74) is -0.146. The number of aliphatic hydroxyl groups is 1. The Balaban J connectivity index is 2.21. The molecule has 0 spiro atoms. The zero-order valence-corrected chi connectivity index (χ0v) is 10.8. The van der Waals surface area contributed by atoms with Crippen LogP contribution < -0.4 is 0 Å². The van der Waals surface area contributed by atoms with Crippen LogP contribution in [0.2, 0.25) is 0 Å². The Hall–Kier alpha value is -2.22. The molecule has 5 heteroatoms. The molecule has 0 radical (unpaired) electrons. The fourth-order valence-electron chi connectivity index (χ4n) is 2.26. The van der Waals surface area contributed by atoms with Crippen molar-refractivity contribution in [3.63, 3.8) is 0 Å². The average molecular weight is 260 g/mol. The summed E-state index contributed by atoms with van der Waals surface area (Å²) >= 11 is 0. The van der Waals surface area contributed by atoms with E-state index in [1.54, 1.807) is 18.2 Å². The first-order chi connectivity index (χ1) is 9.19. The normalized spacial score (nSPS) is 19.1. The predicted octanol–water partition coefficient (Wildman–Crippen LogP) is 2.52. The monoisotopic (exact) mass is 260 g/mol. The highest BCUT2D eigenvalue weighted by Crippen LogP contribution is 2.29. The van der Waals surface area contributed by atoms with Crippen LogP contribution >= 0.6 is 0 Å². The van der Waals surface area contributed by atoms with Crippen LogP contribution in [0.25, 0.3) is 0 Å². The lowest BCUT2D eigenvalue weighted by Gasteiger charge is -2.24. The van der Waals surface area contributed by atoms with Gasteiger partial charge in [0.05, 0.1) is 18.8 Å². The zero-order valence-electron chi connectivity index (χ0n) is 10.8. The maximum Gasteiger partial charge on any atom is 0.269 e. The van der Waals surface area contributed by atoms with Crippen molar-refractivity contribution in [1.82, 2.24) is 4.90 Å². The van der Waals surface area contributed by atoms with E-state index in [-0.39, 0.29) is 17.9 Å². The first-order valence-electron chi connectivity index (χ1n) is 6.35. The predicted molar refractivity (Wildman–Crippen MR) is 67.8 cm³/mol. The lowest BCUT2D eigenvalue weighted by atomic mass is 10.1. The number of amides is 1. The molecule has 0 aliphatic carbocycles. The molecule has 1 aliphatic rings. The fourth-order valence-corrected chi connectivity index (χ4v) is 2.26. The van der Waals surface area contributed by atoms with Crippen LogP contribution in [0.4, 0.5) is 0 Å². The van der Waals surface area contributed by atoms with Gasteiger partial charge in [-0.15, -0.1) is 0 Å². The molecule has 1 amide bonds. The third-order valence-corrected chi connectivity index (χ3v) is 3.27. The van der Waals surface area contributed by atoms with Gasteiger partial charge in [-0.05, 0) is 18.6 Å². The highest BCUT2D eigenvalue weighted by molar-refractivity contribution is 6.00. The summed E-state index contributed by atoms with van der Waals surface area (Å²) in [6, 6.07) is 4.89. The molecule has 0 fully saturated rings. The summed E-state index contributed by atoms with van der Waals surface area (Å²) in [6.45, 7) is 2.31. The number of unbranched alkanes of at least 4 members (excludes halogenated alkanes) is 1. The quantitative estimate of drug-likeness (QED) is 0.882. The minimum atomic E-state index is -0.419. The Morgan fingerprint density at radius 1 is 1.58 bits per heavy atom. The van der Waals surface area contributed by atoms with Crippen molar-refractivity contribution < 1.29 is 14.3 Å². The number of rotatable bonds is 5. The Bertz CT molecular complexity index is 525. The van der Waals surface area contributed by atoms with E-state index in [9.17, 15) is 9.90 Å². The second-order valence-corrected chi connectivity index (χ2v) is 4.54. The third kappa shape index (κ3) is 2.48. The molecule has 0 saturated heterocycles. The number of nitrogens with zero attached hydrogens (tertiary/aromatic N) is 2. The highest BCUT2D eigenvalue weighted by Gasteiger charge is 2.39. The molecule has 2 rings (SSSR count). The summed E-state index contributed by atoms with van der Waals surface area (Å²) in [6.07, 6.45) is 4.04. The third-order valence-electron chi connectivity index (χ3n) is 3.27. The van der Waals surface area contributed by atoms with Gasteiger partial charge in [-0.2, -0.15) is 5.26 Å². The van der Waals surface area contributed by atoms with Crippen LogP contribution in [0.3, 0.4) is 0 Å². The van der Waals surface area contributed by atoms with Crippen molar-refractivity contribution in [3.05, 3.63) is 35.5 Å². The number of carbonyl (C=O) groups is 1. The molecule has 1 atom stereocenters. The van der Waals surface area contributed by atoms with Crippen molar-refractivity contribution in [1.29, 1.82) is 5.26 Å². The van der Waals surface area contributed by atoms with Crippen LogP contribution in [0, 0.1) is 11.3 Å². The molecule has 1 N–H and O–H groups in total. The van der Waals surface area contributed by atoms with Gasteiger partial charge in [0, 0.05) is 0 Å². The van der Waals surface area contributed by atoms with Gasteiger partial charge in [0.25, 0.3) is 5.91 Å². The number of hydrogen-bond donors (Lipinski definition) is 1. The van der Waals surface area contributed by atoms with Gasteiger partial charge in [0.15, 0.2) is 5.57 Å². The Morgan fingerprint density at radius 2 is 2.37 bits per heavy atom. The topological polar surface area (TPSA) is 77.5 Å². The first-order valence-corrected chi connectivity index (χ1v) is 6.35. The Morgan fingerprint density at radius 3 is 2.95 bits per heavy atom. The summed E-state index contributed by atoms with van der Waals surface area (Å²) in [7, 11) is 0. The van der Waals surface area contributed by atoms with Gasteiger partial charge in [0.1, 0.15) is 17.6 Å². The number of furan rings is 1. The molecule has 0 saturated carbocycles. The molecule has 1 unspecified atom stereocenters. The zero-order chi connectivity index (χ0) is 13.8. The minimum absolute atomic E-state index is 0.104. The maximum atomic E-state index is 12.1. The van der Waals surface area contributed by atoms with E-state index in [1.165, 1.54) is 11.2 Å². The molecule has 2 heterocycles. The smallest absolute Gasteiger partial charge is 0.269 e. The standard InChI is InChI=1S/C14H16N2O3/c1-2-3-6-12-13(17)11(8-15)14(18)16(12)9-10-5-4-7-19-10/h4-5,7,12,17H,2-3,6,9H2,1H3. The van der Waals surface area contributed by atoms with Crippen molar-refractivity contribution in [2.24, 2.45) is 0 Å². The molecule has 5 nitrogen and oxygen atoms in total. The van der Waals surface area contributed by atoms with Crippen LogP contribution in [0.15, 0.2) is 34.1 Å². The number of carbonyl (C=O) groups excluding carboxylic acids is 1. The molecular weight excluding hydrogens is 244 g/mol. The van der Waals surface area contributed by atoms with Crippen molar-refractivity contribution >= 4 is 5.91 Å². The Labute approximate surface area is 111 Å². The Kier molecular flexibility index (Phi) is 3.91. The molecular formula is C14H16N2O3. The molecule has 19 heavy (non-hydrogen) atoms. The lowest BCUT2D eigenvalue weighted by Crippen LogP contribution is -2.35. The largest absolute Gasteiger partial charge is 0.509 e. The van der Waals surface area contributed by atoms with Crippen LogP contribution in [0.5, 0.6) is 0 Å². The minimum Gasteiger partial charge on any atom is -0.509 e. The number of nitriles is 1. The van der Waals surface area contributed by atoms with Crippen molar-refractivity contribution in [3.8, 4) is 6.07 Å². The van der Waals surface area contributed by atoms with Gasteiger partial charge < -0.3 is 14.4 Å². The van der Waals surface area contributed by atoms with Crippen LogP contribution in [-0.2, 0) is 11.3 Å². The molecule has 1 aromatic rings.